The van der Waals surface area contributed by atoms with E-state index in [9.17, 15) is 27.1 Å². The summed E-state index contributed by atoms with van der Waals surface area (Å²) in [7, 11) is -3.40. The third kappa shape index (κ3) is 8.17. The Morgan fingerprint density at radius 1 is 0.949 bits per heavy atom. The third-order valence-corrected chi connectivity index (χ3v) is 9.10. The van der Waals surface area contributed by atoms with Gasteiger partial charge in [0.05, 0.1) is 16.9 Å². The van der Waals surface area contributed by atoms with Crippen molar-refractivity contribution >= 4 is 15.7 Å². The van der Waals surface area contributed by atoms with Gasteiger partial charge in [0, 0.05) is 31.0 Å². The van der Waals surface area contributed by atoms with Crippen LogP contribution in [0.5, 0.6) is 0 Å². The van der Waals surface area contributed by atoms with E-state index in [4.69, 9.17) is 0 Å². The number of sulfone groups is 1. The molecule has 0 bridgehead atoms. The van der Waals surface area contributed by atoms with Crippen molar-refractivity contribution in [3.05, 3.63) is 106 Å². The average molecular weight is 559 g/mol. The molecule has 0 heterocycles. The van der Waals surface area contributed by atoms with Gasteiger partial charge in [0.1, 0.15) is 11.6 Å². The Morgan fingerprint density at radius 2 is 1.56 bits per heavy atom. The number of halogens is 2. The number of aliphatic hydroxyl groups excluding tert-OH is 1. The minimum absolute atomic E-state index is 0.00617. The van der Waals surface area contributed by atoms with E-state index in [1.807, 2.05) is 18.2 Å². The van der Waals surface area contributed by atoms with Crippen LogP contribution in [0.15, 0.2) is 66.7 Å². The molecule has 6 nitrogen and oxygen atoms in total. The molecule has 2 atom stereocenters. The lowest BCUT2D eigenvalue weighted by Gasteiger charge is -2.26. The molecule has 0 saturated heterocycles. The van der Waals surface area contributed by atoms with Crippen LogP contribution >= 0.6 is 0 Å². The van der Waals surface area contributed by atoms with Crippen LogP contribution in [0.1, 0.15) is 53.4 Å². The maximum Gasteiger partial charge on any atom is 0.251 e. The van der Waals surface area contributed by atoms with Gasteiger partial charge in [-0.15, -0.1) is 0 Å². The number of benzene rings is 3. The van der Waals surface area contributed by atoms with Crippen molar-refractivity contribution in [3.8, 4) is 0 Å². The first-order valence-corrected chi connectivity index (χ1v) is 14.7. The first-order chi connectivity index (χ1) is 18.3. The van der Waals surface area contributed by atoms with E-state index in [-0.39, 0.29) is 24.1 Å². The lowest BCUT2D eigenvalue weighted by molar-refractivity contribution is 0.0830. The summed E-state index contributed by atoms with van der Waals surface area (Å²) in [6, 6.07) is 16.5. The molecule has 0 aromatic heterocycles. The van der Waals surface area contributed by atoms with Gasteiger partial charge < -0.3 is 15.7 Å². The molecule has 0 aliphatic carbocycles. The van der Waals surface area contributed by atoms with E-state index in [1.165, 1.54) is 29.8 Å². The molecule has 3 N–H and O–H groups in total. The molecule has 1 amide bonds. The highest BCUT2D eigenvalue weighted by Gasteiger charge is 2.32. The molecule has 39 heavy (non-hydrogen) atoms. The fraction of sp³-hybridized carbons (Fsp3) is 0.367. The largest absolute Gasteiger partial charge is 0.390 e. The van der Waals surface area contributed by atoms with Crippen LogP contribution in [0, 0.1) is 11.6 Å². The van der Waals surface area contributed by atoms with Crippen molar-refractivity contribution in [2.24, 2.45) is 0 Å². The molecule has 0 spiro atoms. The predicted molar refractivity (Wildman–Crippen MR) is 149 cm³/mol. The molecule has 210 valence electrons. The van der Waals surface area contributed by atoms with Gasteiger partial charge in [-0.3, -0.25) is 4.79 Å². The maximum atomic E-state index is 13.8. The van der Waals surface area contributed by atoms with Crippen LogP contribution in [-0.2, 0) is 34.0 Å². The highest BCUT2D eigenvalue weighted by atomic mass is 32.2. The van der Waals surface area contributed by atoms with Gasteiger partial charge in [0.2, 0.25) is 0 Å². The molecule has 3 rings (SSSR count). The molecule has 0 unspecified atom stereocenters. The number of hydrogen-bond acceptors (Lipinski definition) is 5. The Labute approximate surface area is 229 Å². The molecule has 0 saturated carbocycles. The number of aliphatic hydroxyl groups is 1. The van der Waals surface area contributed by atoms with Gasteiger partial charge in [0.15, 0.2) is 9.84 Å². The normalized spacial score (nSPS) is 13.6. The van der Waals surface area contributed by atoms with Crippen LogP contribution in [0.2, 0.25) is 0 Å². The van der Waals surface area contributed by atoms with Crippen LogP contribution in [-0.4, -0.2) is 44.4 Å². The standard InChI is InChI=1S/C30H36F2N2O4S/c1-5-20-7-6-8-21(13-20)18-33-19-28(35)27(16-22-14-25(31)17-26(32)15-22)34-29(36)23-9-11-24(12-10-23)30(2,3)39(4,37)38/h6-15,17,27-28,33,35H,5,16,18-19H2,1-4H3,(H,34,36)/t27-,28-/m0/s1. The van der Waals surface area contributed by atoms with Crippen molar-refractivity contribution in [2.45, 2.75) is 57.1 Å². The first-order valence-electron chi connectivity index (χ1n) is 12.8. The van der Waals surface area contributed by atoms with E-state index >= 15 is 0 Å². The molecule has 0 fully saturated rings. The van der Waals surface area contributed by atoms with Crippen molar-refractivity contribution in [2.75, 3.05) is 12.8 Å². The van der Waals surface area contributed by atoms with Crippen LogP contribution in [0.3, 0.4) is 0 Å². The van der Waals surface area contributed by atoms with Gasteiger partial charge in [-0.1, -0.05) is 43.3 Å². The average Bonchev–Trinajstić information content (AvgIpc) is 2.87. The highest BCUT2D eigenvalue weighted by Crippen LogP contribution is 2.29. The summed E-state index contributed by atoms with van der Waals surface area (Å²) in [5.74, 6) is -2.00. The van der Waals surface area contributed by atoms with E-state index in [0.717, 1.165) is 24.3 Å². The smallest absolute Gasteiger partial charge is 0.251 e. The maximum absolute atomic E-state index is 13.8. The summed E-state index contributed by atoms with van der Waals surface area (Å²) < 4.78 is 50.8. The zero-order valence-corrected chi connectivity index (χ0v) is 23.5. The molecule has 0 aliphatic rings. The van der Waals surface area contributed by atoms with Crippen molar-refractivity contribution in [3.63, 3.8) is 0 Å². The second kappa shape index (κ2) is 12.8. The Hall–Kier alpha value is -3.14. The van der Waals surface area contributed by atoms with E-state index in [2.05, 4.69) is 23.6 Å². The predicted octanol–water partition coefficient (Wildman–Crippen LogP) is 4.30. The molecule has 3 aromatic rings. The Bertz CT molecular complexity index is 1370. The number of aryl methyl sites for hydroxylation is 1. The minimum Gasteiger partial charge on any atom is -0.390 e. The second-order valence-corrected chi connectivity index (χ2v) is 12.9. The van der Waals surface area contributed by atoms with Crippen LogP contribution < -0.4 is 10.6 Å². The van der Waals surface area contributed by atoms with E-state index in [1.54, 1.807) is 26.0 Å². The number of carbonyl (C=O) groups excluding carboxylic acids is 1. The second-order valence-electron chi connectivity index (χ2n) is 10.3. The third-order valence-electron chi connectivity index (χ3n) is 7.01. The number of amides is 1. The van der Waals surface area contributed by atoms with Crippen molar-refractivity contribution < 1.29 is 27.1 Å². The fourth-order valence-electron chi connectivity index (χ4n) is 4.22. The minimum atomic E-state index is -3.40. The lowest BCUT2D eigenvalue weighted by Crippen LogP contribution is -2.48. The van der Waals surface area contributed by atoms with Gasteiger partial charge in [0.25, 0.3) is 5.91 Å². The topological polar surface area (TPSA) is 95.5 Å². The van der Waals surface area contributed by atoms with Gasteiger partial charge in [-0.25, -0.2) is 17.2 Å². The Kier molecular flexibility index (Phi) is 9.98. The SMILES string of the molecule is CCc1cccc(CNC[C@H](O)[C@H](Cc2cc(F)cc(F)c2)NC(=O)c2ccc(C(C)(C)S(C)(=O)=O)cc2)c1. The summed E-state index contributed by atoms with van der Waals surface area (Å²) in [6.07, 6.45) is 0.983. The Morgan fingerprint density at radius 3 is 2.15 bits per heavy atom. The summed E-state index contributed by atoms with van der Waals surface area (Å²) in [4.78, 5) is 13.1. The number of hydrogen-bond donors (Lipinski definition) is 3. The summed E-state index contributed by atoms with van der Waals surface area (Å²) in [5.41, 5.74) is 3.32. The highest BCUT2D eigenvalue weighted by molar-refractivity contribution is 7.91. The molecule has 3 aromatic carbocycles. The van der Waals surface area contributed by atoms with Crippen molar-refractivity contribution in [1.82, 2.24) is 10.6 Å². The molecular weight excluding hydrogens is 522 g/mol. The molecule has 0 radical (unpaired) electrons. The van der Waals surface area contributed by atoms with Crippen LogP contribution in [0.25, 0.3) is 0 Å². The van der Waals surface area contributed by atoms with E-state index < -0.39 is 44.3 Å². The zero-order chi connectivity index (χ0) is 28.8. The van der Waals surface area contributed by atoms with Gasteiger partial charge in [-0.2, -0.15) is 0 Å². The number of rotatable bonds is 12. The van der Waals surface area contributed by atoms with Gasteiger partial charge in [-0.05, 0) is 73.2 Å². The molecular formula is C30H36F2N2O4S. The lowest BCUT2D eigenvalue weighted by atomic mass is 9.98. The van der Waals surface area contributed by atoms with Crippen molar-refractivity contribution in [1.29, 1.82) is 0 Å². The van der Waals surface area contributed by atoms with E-state index in [0.29, 0.717) is 12.1 Å². The summed E-state index contributed by atoms with van der Waals surface area (Å²) in [6.45, 7) is 5.87. The summed E-state index contributed by atoms with van der Waals surface area (Å²) >= 11 is 0. The van der Waals surface area contributed by atoms with Gasteiger partial charge >= 0.3 is 0 Å². The quantitative estimate of drug-likeness (QED) is 0.308. The molecule has 0 aliphatic heterocycles. The fourth-order valence-corrected chi connectivity index (χ4v) is 4.79. The molecule has 9 heteroatoms. The Balaban J connectivity index is 1.75. The first kappa shape index (κ1) is 30.4. The van der Waals surface area contributed by atoms with Crippen LogP contribution in [0.4, 0.5) is 8.78 Å². The summed E-state index contributed by atoms with van der Waals surface area (Å²) in [5, 5.41) is 17.0. The zero-order valence-electron chi connectivity index (χ0n) is 22.7. The number of carbonyl (C=O) groups is 1. The monoisotopic (exact) mass is 558 g/mol. The number of nitrogens with one attached hydrogen (secondary N) is 2.